The van der Waals surface area contributed by atoms with Crippen LogP contribution in [0.1, 0.15) is 34.1 Å². The Hall–Kier alpha value is -3.37. The number of rotatable bonds is 10. The number of ether oxygens (including phenoxy) is 2. The Bertz CT molecular complexity index is 1210. The van der Waals surface area contributed by atoms with Crippen LogP contribution in [0.25, 0.3) is 0 Å². The Morgan fingerprint density at radius 3 is 2.80 bits per heavy atom. The number of hydrogen-bond acceptors (Lipinski definition) is 8. The van der Waals surface area contributed by atoms with Crippen LogP contribution >= 0.6 is 0 Å². The smallest absolute Gasteiger partial charge is 0.333 e. The standard InChI is InChI=1S/C23H28FN5O6/c1-14-12-29(20-10-18(26-2)19(13-30)35-20)23(33)28(22(14)32)6-8-34-7-5-27-21(31)15-3-4-17(24)16(9-15)11-25/h3-4,9,12,18-20,26,30H,5-8,10,13H2,1-2H3,(H,27,31)/t18?,19-,20-/m1/s1. The van der Waals surface area contributed by atoms with Crippen molar-refractivity contribution in [3.8, 4) is 6.07 Å². The molecule has 188 valence electrons. The van der Waals surface area contributed by atoms with E-state index in [0.717, 1.165) is 16.7 Å². The van der Waals surface area contributed by atoms with Gasteiger partial charge in [-0.15, -0.1) is 0 Å². The van der Waals surface area contributed by atoms with Gasteiger partial charge in [-0.1, -0.05) is 0 Å². The van der Waals surface area contributed by atoms with E-state index in [4.69, 9.17) is 14.7 Å². The van der Waals surface area contributed by atoms with Gasteiger partial charge in [-0.05, 0) is 32.2 Å². The molecule has 1 aromatic heterocycles. The number of nitrogens with one attached hydrogen (secondary N) is 2. The van der Waals surface area contributed by atoms with Gasteiger partial charge in [0.1, 0.15) is 18.1 Å². The summed E-state index contributed by atoms with van der Waals surface area (Å²) < 4.78 is 27.1. The van der Waals surface area contributed by atoms with Crippen LogP contribution in [0.3, 0.4) is 0 Å². The summed E-state index contributed by atoms with van der Waals surface area (Å²) in [5.74, 6) is -1.19. The molecule has 0 bridgehead atoms. The summed E-state index contributed by atoms with van der Waals surface area (Å²) in [5.41, 5.74) is -0.687. The summed E-state index contributed by atoms with van der Waals surface area (Å²) >= 11 is 0. The summed E-state index contributed by atoms with van der Waals surface area (Å²) in [6, 6.07) is 5.04. The summed E-state index contributed by atoms with van der Waals surface area (Å²) in [6.07, 6.45) is 0.839. The number of carbonyl (C=O) groups is 1. The number of nitrogens with zero attached hydrogens (tertiary/aromatic N) is 3. The predicted octanol–water partition coefficient (Wildman–Crippen LogP) is -0.356. The summed E-state index contributed by atoms with van der Waals surface area (Å²) in [6.45, 7) is 1.71. The number of aryl methyl sites for hydroxylation is 1. The third kappa shape index (κ3) is 6.01. The van der Waals surface area contributed by atoms with Gasteiger partial charge in [0.15, 0.2) is 0 Å². The van der Waals surface area contributed by atoms with Crippen molar-refractivity contribution in [2.45, 2.75) is 38.3 Å². The second-order valence-electron chi connectivity index (χ2n) is 8.08. The molecule has 2 aromatic rings. The lowest BCUT2D eigenvalue weighted by Gasteiger charge is -2.17. The highest BCUT2D eigenvalue weighted by atomic mass is 19.1. The van der Waals surface area contributed by atoms with Crippen LogP contribution in [-0.2, 0) is 16.0 Å². The van der Waals surface area contributed by atoms with Crippen molar-refractivity contribution in [2.75, 3.05) is 33.4 Å². The normalized spacial score (nSPS) is 19.5. The maximum Gasteiger partial charge on any atom is 0.333 e. The summed E-state index contributed by atoms with van der Waals surface area (Å²) in [4.78, 5) is 37.6. The van der Waals surface area contributed by atoms with Crippen molar-refractivity contribution in [1.29, 1.82) is 5.26 Å². The van der Waals surface area contributed by atoms with Crippen LogP contribution < -0.4 is 21.9 Å². The molecule has 12 heteroatoms. The lowest BCUT2D eigenvalue weighted by atomic mass is 10.1. The Morgan fingerprint density at radius 1 is 1.37 bits per heavy atom. The van der Waals surface area contributed by atoms with Crippen LogP contribution in [0.15, 0.2) is 34.0 Å². The molecule has 1 aliphatic rings. The minimum Gasteiger partial charge on any atom is -0.394 e. The molecule has 1 aromatic carbocycles. The first-order valence-corrected chi connectivity index (χ1v) is 11.1. The molecule has 2 heterocycles. The van der Waals surface area contributed by atoms with E-state index in [9.17, 15) is 23.9 Å². The lowest BCUT2D eigenvalue weighted by molar-refractivity contribution is -0.0294. The number of likely N-dealkylation sites (N-methyl/N-ethyl adjacent to an activating group) is 1. The van der Waals surface area contributed by atoms with Gasteiger partial charge < -0.3 is 25.2 Å². The zero-order valence-corrected chi connectivity index (χ0v) is 19.5. The molecule has 3 rings (SSSR count). The van der Waals surface area contributed by atoms with E-state index in [-0.39, 0.29) is 50.1 Å². The Kier molecular flexibility index (Phi) is 8.89. The van der Waals surface area contributed by atoms with Gasteiger partial charge in [0.25, 0.3) is 11.5 Å². The van der Waals surface area contributed by atoms with Gasteiger partial charge in [-0.3, -0.25) is 18.7 Å². The van der Waals surface area contributed by atoms with E-state index in [2.05, 4.69) is 10.6 Å². The van der Waals surface area contributed by atoms with Gasteiger partial charge in [0.2, 0.25) is 0 Å². The number of hydrogen-bond donors (Lipinski definition) is 3. The summed E-state index contributed by atoms with van der Waals surface area (Å²) in [7, 11) is 1.75. The SMILES string of the molecule is CNC1C[C@H](n2cc(C)c(=O)n(CCOCCNC(=O)c3ccc(F)c(C#N)c3)c2=O)O[C@@H]1CO. The number of aliphatic hydroxyl groups excluding tert-OH is 1. The minimum absolute atomic E-state index is 0.00237. The van der Waals surface area contributed by atoms with E-state index >= 15 is 0 Å². The maximum absolute atomic E-state index is 13.4. The molecule has 1 amide bonds. The number of halogens is 1. The predicted molar refractivity (Wildman–Crippen MR) is 122 cm³/mol. The van der Waals surface area contributed by atoms with E-state index in [1.54, 1.807) is 20.0 Å². The molecule has 0 spiro atoms. The Balaban J connectivity index is 1.55. The molecule has 1 saturated heterocycles. The van der Waals surface area contributed by atoms with E-state index in [0.29, 0.717) is 12.0 Å². The molecule has 1 fully saturated rings. The van der Waals surface area contributed by atoms with Crippen molar-refractivity contribution >= 4 is 5.91 Å². The van der Waals surface area contributed by atoms with Crippen molar-refractivity contribution in [3.05, 3.63) is 67.7 Å². The van der Waals surface area contributed by atoms with Gasteiger partial charge in [-0.2, -0.15) is 5.26 Å². The van der Waals surface area contributed by atoms with Crippen LogP contribution in [0, 0.1) is 24.1 Å². The fourth-order valence-corrected chi connectivity index (χ4v) is 3.88. The third-order valence-electron chi connectivity index (χ3n) is 5.80. The average molecular weight is 490 g/mol. The summed E-state index contributed by atoms with van der Waals surface area (Å²) in [5, 5.41) is 24.0. The number of aliphatic hydroxyl groups is 1. The fourth-order valence-electron chi connectivity index (χ4n) is 3.88. The molecule has 0 aliphatic carbocycles. The largest absolute Gasteiger partial charge is 0.394 e. The number of aromatic nitrogens is 2. The highest BCUT2D eigenvalue weighted by molar-refractivity contribution is 5.94. The van der Waals surface area contributed by atoms with Crippen molar-refractivity contribution in [1.82, 2.24) is 19.8 Å². The minimum atomic E-state index is -0.701. The molecule has 1 aliphatic heterocycles. The number of amides is 1. The number of nitriles is 1. The monoisotopic (exact) mass is 489 g/mol. The fraction of sp³-hybridized carbons (Fsp3) is 0.478. The zero-order valence-electron chi connectivity index (χ0n) is 19.5. The second kappa shape index (κ2) is 11.9. The maximum atomic E-state index is 13.4. The molecular formula is C23H28FN5O6. The molecular weight excluding hydrogens is 461 g/mol. The third-order valence-corrected chi connectivity index (χ3v) is 5.80. The number of carbonyl (C=O) groups excluding carboxylic acids is 1. The number of benzene rings is 1. The molecule has 11 nitrogen and oxygen atoms in total. The topological polar surface area (TPSA) is 148 Å². The first-order valence-electron chi connectivity index (χ1n) is 11.1. The first kappa shape index (κ1) is 26.2. The molecule has 3 N–H and O–H groups in total. The quantitative estimate of drug-likeness (QED) is 0.384. The second-order valence-corrected chi connectivity index (χ2v) is 8.08. The van der Waals surface area contributed by atoms with E-state index < -0.39 is 35.3 Å². The van der Waals surface area contributed by atoms with E-state index in [1.807, 2.05) is 0 Å². The van der Waals surface area contributed by atoms with Crippen molar-refractivity contribution in [3.63, 3.8) is 0 Å². The molecule has 0 radical (unpaired) electrons. The molecule has 3 atom stereocenters. The molecule has 1 unspecified atom stereocenters. The molecule has 35 heavy (non-hydrogen) atoms. The van der Waals surface area contributed by atoms with Gasteiger partial charge >= 0.3 is 5.69 Å². The average Bonchev–Trinajstić information content (AvgIpc) is 3.28. The van der Waals surface area contributed by atoms with Gasteiger partial charge in [0, 0.05) is 36.3 Å². The lowest BCUT2D eigenvalue weighted by Crippen LogP contribution is -2.43. The highest BCUT2D eigenvalue weighted by Crippen LogP contribution is 2.27. The van der Waals surface area contributed by atoms with Crippen molar-refractivity contribution in [2.24, 2.45) is 0 Å². The zero-order chi connectivity index (χ0) is 25.5. The van der Waals surface area contributed by atoms with Crippen LogP contribution in [0.4, 0.5) is 4.39 Å². The highest BCUT2D eigenvalue weighted by Gasteiger charge is 2.35. The van der Waals surface area contributed by atoms with Crippen LogP contribution in [0.2, 0.25) is 0 Å². The van der Waals surface area contributed by atoms with Crippen LogP contribution in [-0.4, -0.2) is 65.7 Å². The Morgan fingerprint density at radius 2 is 2.14 bits per heavy atom. The molecule has 0 saturated carbocycles. The van der Waals surface area contributed by atoms with E-state index in [1.165, 1.54) is 16.8 Å². The van der Waals surface area contributed by atoms with Gasteiger partial charge in [-0.25, -0.2) is 9.18 Å². The van der Waals surface area contributed by atoms with Crippen molar-refractivity contribution < 1.29 is 23.8 Å². The van der Waals surface area contributed by atoms with Crippen LogP contribution in [0.5, 0.6) is 0 Å². The van der Waals surface area contributed by atoms with Gasteiger partial charge in [0.05, 0.1) is 38.0 Å². The first-order chi connectivity index (χ1) is 16.8. The Labute approximate surface area is 200 Å².